The highest BCUT2D eigenvalue weighted by Gasteiger charge is 2.26. The van der Waals surface area contributed by atoms with Crippen LogP contribution in [-0.2, 0) is 21.4 Å². The van der Waals surface area contributed by atoms with E-state index in [1.807, 2.05) is 18.2 Å². The minimum Gasteiger partial charge on any atom is -0.497 e. The molecular weight excluding hydrogens is 430 g/mol. The van der Waals surface area contributed by atoms with E-state index in [1.165, 1.54) is 19.2 Å². The van der Waals surface area contributed by atoms with Crippen LogP contribution in [0, 0.1) is 0 Å². The number of carbonyl (C=O) groups is 1. The number of ether oxygens (including phenoxy) is 2. The number of nitrogens with one attached hydrogen (secondary N) is 2. The molecule has 1 amide bonds. The van der Waals surface area contributed by atoms with Crippen molar-refractivity contribution in [2.75, 3.05) is 27.3 Å². The van der Waals surface area contributed by atoms with Gasteiger partial charge in [-0.25, -0.2) is 8.42 Å². The molecule has 8 nitrogen and oxygen atoms in total. The molecule has 32 heavy (non-hydrogen) atoms. The average molecular weight is 462 g/mol. The van der Waals surface area contributed by atoms with Crippen molar-refractivity contribution < 1.29 is 22.7 Å². The monoisotopic (exact) mass is 461 g/mol. The van der Waals surface area contributed by atoms with E-state index in [0.29, 0.717) is 5.75 Å². The normalized spacial score (nSPS) is 16.3. The highest BCUT2D eigenvalue weighted by molar-refractivity contribution is 7.89. The third-order valence-electron chi connectivity index (χ3n) is 5.62. The fourth-order valence-corrected chi connectivity index (χ4v) is 4.95. The summed E-state index contributed by atoms with van der Waals surface area (Å²) in [5.74, 6) is 1.11. The third kappa shape index (κ3) is 6.21. The summed E-state index contributed by atoms with van der Waals surface area (Å²) < 4.78 is 38.0. The van der Waals surface area contributed by atoms with E-state index in [4.69, 9.17) is 9.47 Å². The highest BCUT2D eigenvalue weighted by Crippen LogP contribution is 2.21. The molecule has 1 fully saturated rings. The Morgan fingerprint density at radius 1 is 1.06 bits per heavy atom. The first kappa shape index (κ1) is 24.0. The van der Waals surface area contributed by atoms with Gasteiger partial charge in [-0.05, 0) is 50.1 Å². The van der Waals surface area contributed by atoms with E-state index < -0.39 is 16.1 Å². The largest absolute Gasteiger partial charge is 0.497 e. The SMILES string of the molecule is COc1ccc(S(=O)(=O)N[C@@H](C)C(=O)NC2CCN(Cc3ccccc3OC)CC2)cc1. The number of amides is 1. The second-order valence-electron chi connectivity index (χ2n) is 7.89. The Hall–Kier alpha value is -2.62. The van der Waals surface area contributed by atoms with Crippen LogP contribution >= 0.6 is 0 Å². The van der Waals surface area contributed by atoms with E-state index >= 15 is 0 Å². The zero-order chi connectivity index (χ0) is 23.1. The molecule has 2 aromatic rings. The van der Waals surface area contributed by atoms with Crippen molar-refractivity contribution in [2.45, 2.75) is 43.3 Å². The number of benzene rings is 2. The summed E-state index contributed by atoms with van der Waals surface area (Å²) in [6, 6.07) is 13.1. The van der Waals surface area contributed by atoms with Crippen LogP contribution in [-0.4, -0.2) is 58.6 Å². The van der Waals surface area contributed by atoms with Crippen LogP contribution < -0.4 is 19.5 Å². The molecule has 9 heteroatoms. The maximum atomic E-state index is 12.6. The maximum Gasteiger partial charge on any atom is 0.241 e. The van der Waals surface area contributed by atoms with Crippen LogP contribution in [0.2, 0.25) is 0 Å². The Bertz CT molecular complexity index is 1000. The number of para-hydroxylation sites is 1. The first-order valence-corrected chi connectivity index (χ1v) is 12.1. The van der Waals surface area contributed by atoms with Crippen molar-refractivity contribution in [1.29, 1.82) is 0 Å². The van der Waals surface area contributed by atoms with Crippen molar-refractivity contribution in [3.05, 3.63) is 54.1 Å². The Balaban J connectivity index is 1.48. The molecule has 174 valence electrons. The quantitative estimate of drug-likeness (QED) is 0.594. The number of hydrogen-bond donors (Lipinski definition) is 2. The first-order valence-electron chi connectivity index (χ1n) is 10.6. The molecule has 0 saturated carbocycles. The summed E-state index contributed by atoms with van der Waals surface area (Å²) in [7, 11) is -0.624. The second-order valence-corrected chi connectivity index (χ2v) is 9.60. The van der Waals surface area contributed by atoms with Crippen LogP contribution in [0.4, 0.5) is 0 Å². The van der Waals surface area contributed by atoms with Gasteiger partial charge in [-0.2, -0.15) is 4.72 Å². The minimum absolute atomic E-state index is 0.0179. The maximum absolute atomic E-state index is 12.6. The number of methoxy groups -OCH3 is 2. The zero-order valence-electron chi connectivity index (χ0n) is 18.7. The van der Waals surface area contributed by atoms with Gasteiger partial charge in [0.15, 0.2) is 0 Å². The van der Waals surface area contributed by atoms with Gasteiger partial charge in [0.2, 0.25) is 15.9 Å². The fourth-order valence-electron chi connectivity index (χ4n) is 3.75. The second kappa shape index (κ2) is 10.8. The van der Waals surface area contributed by atoms with Gasteiger partial charge in [0, 0.05) is 31.2 Å². The van der Waals surface area contributed by atoms with Crippen molar-refractivity contribution in [3.63, 3.8) is 0 Å². The summed E-state index contributed by atoms with van der Waals surface area (Å²) in [6.07, 6.45) is 1.61. The van der Waals surface area contributed by atoms with Crippen molar-refractivity contribution in [1.82, 2.24) is 14.9 Å². The van der Waals surface area contributed by atoms with Crippen molar-refractivity contribution >= 4 is 15.9 Å². The predicted octanol–water partition coefficient (Wildman–Crippen LogP) is 2.15. The lowest BCUT2D eigenvalue weighted by atomic mass is 10.0. The van der Waals surface area contributed by atoms with Crippen LogP contribution in [0.1, 0.15) is 25.3 Å². The highest BCUT2D eigenvalue weighted by atomic mass is 32.2. The van der Waals surface area contributed by atoms with Gasteiger partial charge >= 0.3 is 0 Å². The lowest BCUT2D eigenvalue weighted by Crippen LogP contribution is -2.50. The molecule has 1 heterocycles. The Kier molecular flexibility index (Phi) is 8.11. The molecule has 0 aromatic heterocycles. The topological polar surface area (TPSA) is 97.0 Å². The van der Waals surface area contributed by atoms with E-state index in [-0.39, 0.29) is 16.8 Å². The van der Waals surface area contributed by atoms with Crippen molar-refractivity contribution in [2.24, 2.45) is 0 Å². The number of nitrogens with zero attached hydrogens (tertiary/aromatic N) is 1. The van der Waals surface area contributed by atoms with Gasteiger partial charge in [-0.1, -0.05) is 18.2 Å². The molecule has 2 N–H and O–H groups in total. The van der Waals surface area contributed by atoms with E-state index in [2.05, 4.69) is 21.0 Å². The van der Waals surface area contributed by atoms with Gasteiger partial charge < -0.3 is 14.8 Å². The molecule has 0 unspecified atom stereocenters. The van der Waals surface area contributed by atoms with Gasteiger partial charge in [0.25, 0.3) is 0 Å². The van der Waals surface area contributed by atoms with E-state index in [9.17, 15) is 13.2 Å². The van der Waals surface area contributed by atoms with Gasteiger partial charge in [0.1, 0.15) is 11.5 Å². The molecule has 0 radical (unpaired) electrons. The van der Waals surface area contributed by atoms with E-state index in [1.54, 1.807) is 26.2 Å². The van der Waals surface area contributed by atoms with Gasteiger partial charge in [0.05, 0.1) is 25.2 Å². The number of sulfonamides is 1. The average Bonchev–Trinajstić information content (AvgIpc) is 2.80. The summed E-state index contributed by atoms with van der Waals surface area (Å²) in [4.78, 5) is 15.0. The summed E-state index contributed by atoms with van der Waals surface area (Å²) in [5, 5.41) is 2.98. The number of piperidine rings is 1. The molecular formula is C23H31N3O5S. The van der Waals surface area contributed by atoms with Crippen molar-refractivity contribution in [3.8, 4) is 11.5 Å². The molecule has 0 aliphatic carbocycles. The molecule has 1 atom stereocenters. The molecule has 2 aromatic carbocycles. The number of carbonyl (C=O) groups excluding carboxylic acids is 1. The van der Waals surface area contributed by atoms with Crippen LogP contribution in [0.5, 0.6) is 11.5 Å². The molecule has 1 aliphatic rings. The molecule has 0 bridgehead atoms. The summed E-state index contributed by atoms with van der Waals surface area (Å²) in [6.45, 7) is 4.03. The van der Waals surface area contributed by atoms with Crippen LogP contribution in [0.15, 0.2) is 53.4 Å². The molecule has 3 rings (SSSR count). The lowest BCUT2D eigenvalue weighted by Gasteiger charge is -2.33. The van der Waals surface area contributed by atoms with Gasteiger partial charge in [-0.15, -0.1) is 0 Å². The first-order chi connectivity index (χ1) is 15.3. The molecule has 0 spiro atoms. The number of likely N-dealkylation sites (tertiary alicyclic amines) is 1. The Morgan fingerprint density at radius 2 is 1.72 bits per heavy atom. The van der Waals surface area contributed by atoms with E-state index in [0.717, 1.165) is 43.8 Å². The molecule has 1 saturated heterocycles. The number of rotatable bonds is 9. The third-order valence-corrected chi connectivity index (χ3v) is 7.17. The standard InChI is InChI=1S/C23H31N3O5S/c1-17(25-32(28,29)21-10-8-20(30-2)9-11-21)23(27)24-19-12-14-26(15-13-19)16-18-6-4-5-7-22(18)31-3/h4-11,17,19,25H,12-16H2,1-3H3,(H,24,27)/t17-/m0/s1. The minimum atomic E-state index is -3.81. The predicted molar refractivity (Wildman–Crippen MR) is 122 cm³/mol. The lowest BCUT2D eigenvalue weighted by molar-refractivity contribution is -0.123. The Morgan fingerprint density at radius 3 is 2.34 bits per heavy atom. The number of hydrogen-bond acceptors (Lipinski definition) is 6. The smallest absolute Gasteiger partial charge is 0.241 e. The van der Waals surface area contributed by atoms with Gasteiger partial charge in [-0.3, -0.25) is 9.69 Å². The Labute approximate surface area is 190 Å². The van der Waals surface area contributed by atoms with Crippen LogP contribution in [0.25, 0.3) is 0 Å². The summed E-state index contributed by atoms with van der Waals surface area (Å²) in [5.41, 5.74) is 1.14. The zero-order valence-corrected chi connectivity index (χ0v) is 19.5. The van der Waals surface area contributed by atoms with Crippen LogP contribution in [0.3, 0.4) is 0 Å². The summed E-state index contributed by atoms with van der Waals surface area (Å²) >= 11 is 0. The fraction of sp³-hybridized carbons (Fsp3) is 0.435. The molecule has 1 aliphatic heterocycles.